The molecular formula is C19H20BrN3O4S. The summed E-state index contributed by atoms with van der Waals surface area (Å²) >= 11 is 8.32. The molecule has 0 radical (unpaired) electrons. The van der Waals surface area contributed by atoms with Gasteiger partial charge in [0, 0.05) is 0 Å². The number of halogens is 1. The largest absolute Gasteiger partial charge is 0.484 e. The van der Waals surface area contributed by atoms with Crippen LogP contribution in [0.3, 0.4) is 0 Å². The van der Waals surface area contributed by atoms with Crippen LogP contribution in [0, 0.1) is 13.8 Å². The zero-order valence-electron chi connectivity index (χ0n) is 15.4. The minimum Gasteiger partial charge on any atom is -0.484 e. The van der Waals surface area contributed by atoms with Crippen molar-refractivity contribution in [1.29, 1.82) is 0 Å². The van der Waals surface area contributed by atoms with Crippen LogP contribution in [0.2, 0.25) is 0 Å². The van der Waals surface area contributed by atoms with E-state index in [1.807, 2.05) is 38.1 Å². The molecule has 0 aliphatic rings. The van der Waals surface area contributed by atoms with Crippen LogP contribution in [0.1, 0.15) is 11.1 Å². The lowest BCUT2D eigenvalue weighted by atomic mass is 10.2. The van der Waals surface area contributed by atoms with Gasteiger partial charge in [-0.2, -0.15) is 0 Å². The van der Waals surface area contributed by atoms with Crippen molar-refractivity contribution in [3.05, 3.63) is 58.1 Å². The van der Waals surface area contributed by atoms with Gasteiger partial charge in [-0.15, -0.1) is 0 Å². The van der Waals surface area contributed by atoms with Crippen LogP contribution >= 0.6 is 28.1 Å². The molecule has 0 fully saturated rings. The molecule has 0 saturated carbocycles. The fourth-order valence-electron chi connectivity index (χ4n) is 2.01. The first kappa shape index (κ1) is 21.6. The van der Waals surface area contributed by atoms with E-state index in [0.717, 1.165) is 15.6 Å². The van der Waals surface area contributed by atoms with E-state index >= 15 is 0 Å². The highest BCUT2D eigenvalue weighted by molar-refractivity contribution is 9.10. The fraction of sp³-hybridized carbons (Fsp3) is 0.211. The molecule has 3 N–H and O–H groups in total. The first-order chi connectivity index (χ1) is 13.3. The van der Waals surface area contributed by atoms with Gasteiger partial charge in [0.2, 0.25) is 0 Å². The molecule has 0 aliphatic carbocycles. The van der Waals surface area contributed by atoms with E-state index in [4.69, 9.17) is 21.7 Å². The SMILES string of the molecule is Cc1ccc(OCC(=O)NC(=S)NNC(=O)COc2ccc(C)cc2Br)cc1. The monoisotopic (exact) mass is 465 g/mol. The summed E-state index contributed by atoms with van der Waals surface area (Å²) in [6.45, 7) is 3.48. The predicted molar refractivity (Wildman–Crippen MR) is 113 cm³/mol. The number of hydrogen-bond acceptors (Lipinski definition) is 5. The Morgan fingerprint density at radius 2 is 1.57 bits per heavy atom. The first-order valence-corrected chi connectivity index (χ1v) is 9.50. The molecule has 2 aromatic rings. The standard InChI is InChI=1S/C19H20BrN3O4S/c1-12-3-6-14(7-4-12)26-10-17(24)21-19(28)23-22-18(25)11-27-16-8-5-13(2)9-15(16)20/h3-9H,10-11H2,1-2H3,(H,22,25)(H2,21,23,24,28). The summed E-state index contributed by atoms with van der Waals surface area (Å²) in [6, 6.07) is 12.8. The molecule has 9 heteroatoms. The normalized spacial score (nSPS) is 9.96. The Balaban J connectivity index is 1.66. The third-order valence-corrected chi connectivity index (χ3v) is 4.23. The second-order valence-corrected chi connectivity index (χ2v) is 7.14. The molecule has 0 unspecified atom stereocenters. The van der Waals surface area contributed by atoms with Crippen LogP contribution in [-0.2, 0) is 9.59 Å². The number of thiocarbonyl (C=S) groups is 1. The van der Waals surface area contributed by atoms with Crippen molar-refractivity contribution < 1.29 is 19.1 Å². The van der Waals surface area contributed by atoms with Crippen LogP contribution in [0.25, 0.3) is 0 Å². The zero-order chi connectivity index (χ0) is 20.5. The molecule has 0 aromatic heterocycles. The number of hydrazine groups is 1. The van der Waals surface area contributed by atoms with Crippen molar-refractivity contribution >= 4 is 45.1 Å². The van der Waals surface area contributed by atoms with Gasteiger partial charge in [-0.25, -0.2) is 0 Å². The smallest absolute Gasteiger partial charge is 0.276 e. The number of hydrogen-bond donors (Lipinski definition) is 3. The quantitative estimate of drug-likeness (QED) is 0.448. The Morgan fingerprint density at radius 1 is 0.929 bits per heavy atom. The molecule has 0 saturated heterocycles. The van der Waals surface area contributed by atoms with E-state index in [1.165, 1.54) is 0 Å². The fourth-order valence-corrected chi connectivity index (χ4v) is 2.78. The van der Waals surface area contributed by atoms with Crippen molar-refractivity contribution in [2.75, 3.05) is 13.2 Å². The van der Waals surface area contributed by atoms with E-state index in [1.54, 1.807) is 18.2 Å². The summed E-state index contributed by atoms with van der Waals surface area (Å²) in [4.78, 5) is 23.6. The molecule has 0 heterocycles. The van der Waals surface area contributed by atoms with Crippen molar-refractivity contribution in [1.82, 2.24) is 16.2 Å². The molecule has 148 valence electrons. The number of carbonyl (C=O) groups is 2. The third-order valence-electron chi connectivity index (χ3n) is 3.41. The van der Waals surface area contributed by atoms with Crippen molar-refractivity contribution in [2.45, 2.75) is 13.8 Å². The average molecular weight is 466 g/mol. The maximum atomic E-state index is 11.8. The summed E-state index contributed by atoms with van der Waals surface area (Å²) in [5, 5.41) is 2.35. The lowest BCUT2D eigenvalue weighted by molar-refractivity contribution is -0.124. The Kier molecular flexibility index (Phi) is 8.21. The summed E-state index contributed by atoms with van der Waals surface area (Å²) in [7, 11) is 0. The second kappa shape index (κ2) is 10.6. The minimum absolute atomic E-state index is 0.0534. The van der Waals surface area contributed by atoms with Crippen LogP contribution < -0.4 is 25.6 Å². The van der Waals surface area contributed by atoms with Crippen LogP contribution in [0.5, 0.6) is 11.5 Å². The molecule has 0 bridgehead atoms. The van der Waals surface area contributed by atoms with Crippen molar-refractivity contribution in [2.24, 2.45) is 0 Å². The Labute approximate surface area is 176 Å². The number of benzene rings is 2. The highest BCUT2D eigenvalue weighted by Gasteiger charge is 2.09. The van der Waals surface area contributed by atoms with Crippen molar-refractivity contribution in [3.63, 3.8) is 0 Å². The van der Waals surface area contributed by atoms with Gasteiger partial charge in [0.25, 0.3) is 11.8 Å². The minimum atomic E-state index is -0.458. The molecule has 28 heavy (non-hydrogen) atoms. The molecular weight excluding hydrogens is 446 g/mol. The summed E-state index contributed by atoms with van der Waals surface area (Å²) in [6.07, 6.45) is 0. The topological polar surface area (TPSA) is 88.7 Å². The van der Waals surface area contributed by atoms with Gasteiger partial charge in [0.05, 0.1) is 4.47 Å². The van der Waals surface area contributed by atoms with E-state index in [0.29, 0.717) is 11.5 Å². The maximum Gasteiger partial charge on any atom is 0.276 e. The van der Waals surface area contributed by atoms with Gasteiger partial charge in [0.15, 0.2) is 18.3 Å². The lowest BCUT2D eigenvalue weighted by Gasteiger charge is -2.12. The molecule has 2 rings (SSSR count). The van der Waals surface area contributed by atoms with Crippen LogP contribution in [-0.4, -0.2) is 30.1 Å². The highest BCUT2D eigenvalue weighted by atomic mass is 79.9. The average Bonchev–Trinajstić information content (AvgIpc) is 2.65. The number of nitrogens with one attached hydrogen (secondary N) is 3. The van der Waals surface area contributed by atoms with E-state index in [-0.39, 0.29) is 18.3 Å². The van der Waals surface area contributed by atoms with Crippen molar-refractivity contribution in [3.8, 4) is 11.5 Å². The number of ether oxygens (including phenoxy) is 2. The molecule has 2 amide bonds. The Bertz CT molecular complexity index is 859. The molecule has 0 aliphatic heterocycles. The van der Waals surface area contributed by atoms with Crippen LogP contribution in [0.4, 0.5) is 0 Å². The molecule has 2 aromatic carbocycles. The Morgan fingerprint density at radius 3 is 2.25 bits per heavy atom. The maximum absolute atomic E-state index is 11.8. The van der Waals surface area contributed by atoms with Gasteiger partial charge in [-0.1, -0.05) is 23.8 Å². The van der Waals surface area contributed by atoms with Gasteiger partial charge in [0.1, 0.15) is 11.5 Å². The molecule has 7 nitrogen and oxygen atoms in total. The zero-order valence-corrected chi connectivity index (χ0v) is 17.8. The molecule has 0 spiro atoms. The van der Waals surface area contributed by atoms with E-state index in [2.05, 4.69) is 32.1 Å². The summed E-state index contributed by atoms with van der Waals surface area (Å²) < 4.78 is 11.5. The highest BCUT2D eigenvalue weighted by Crippen LogP contribution is 2.25. The number of rotatable bonds is 6. The number of carbonyl (C=O) groups excluding carboxylic acids is 2. The van der Waals surface area contributed by atoms with Gasteiger partial charge >= 0.3 is 0 Å². The lowest BCUT2D eigenvalue weighted by Crippen LogP contribution is -2.50. The predicted octanol–water partition coefficient (Wildman–Crippen LogP) is 2.55. The van der Waals surface area contributed by atoms with E-state index in [9.17, 15) is 9.59 Å². The third kappa shape index (κ3) is 7.53. The first-order valence-electron chi connectivity index (χ1n) is 8.30. The second-order valence-electron chi connectivity index (χ2n) is 5.87. The number of amides is 2. The summed E-state index contributed by atoms with van der Waals surface area (Å²) in [5.74, 6) is 0.212. The Hall–Kier alpha value is -2.65. The summed E-state index contributed by atoms with van der Waals surface area (Å²) in [5.41, 5.74) is 6.94. The molecule has 0 atom stereocenters. The van der Waals surface area contributed by atoms with Gasteiger partial charge in [-0.05, 0) is 71.8 Å². The van der Waals surface area contributed by atoms with E-state index < -0.39 is 11.8 Å². The van der Waals surface area contributed by atoms with Gasteiger partial charge in [-0.3, -0.25) is 25.8 Å². The number of aryl methyl sites for hydroxylation is 2. The van der Waals surface area contributed by atoms with Crippen LogP contribution in [0.15, 0.2) is 46.9 Å². The van der Waals surface area contributed by atoms with Gasteiger partial charge < -0.3 is 9.47 Å².